The average Bonchev–Trinajstić information content (AvgIpc) is 3.14. The summed E-state index contributed by atoms with van der Waals surface area (Å²) in [4.78, 5) is 12.4. The molecule has 2 aromatic carbocycles. The second-order valence-corrected chi connectivity index (χ2v) is 5.74. The average molecular weight is 358 g/mol. The molecular weight excluding hydrogens is 336 g/mol. The second-order valence-electron chi connectivity index (χ2n) is 5.74. The first-order chi connectivity index (χ1) is 12.7. The minimum Gasteiger partial charge on any atom is -0.497 e. The third-order valence-corrected chi connectivity index (χ3v) is 4.17. The van der Waals surface area contributed by atoms with Gasteiger partial charge in [0.05, 0.1) is 20.8 Å². The molecule has 1 fully saturated rings. The van der Waals surface area contributed by atoms with Gasteiger partial charge in [0.15, 0.2) is 12.4 Å². The third kappa shape index (κ3) is 3.81. The molecule has 3 atom stereocenters. The molecule has 6 nitrogen and oxygen atoms in total. The lowest BCUT2D eigenvalue weighted by Gasteiger charge is -2.16. The van der Waals surface area contributed by atoms with Crippen LogP contribution in [0, 0.1) is 0 Å². The van der Waals surface area contributed by atoms with Crippen molar-refractivity contribution in [2.45, 2.75) is 25.4 Å². The predicted molar refractivity (Wildman–Crippen MR) is 94.1 cm³/mol. The molecule has 1 heterocycles. The Bertz CT molecular complexity index is 725. The number of esters is 1. The SMILES string of the molecule is CCOC(=O)[C@H]1O[C@@H](c2ccc(OC)cc2)O[C@H]1c1ccc(OC)cc1. The Kier molecular flexibility index (Phi) is 5.75. The Morgan fingerprint density at radius 1 is 0.885 bits per heavy atom. The highest BCUT2D eigenvalue weighted by Crippen LogP contribution is 2.41. The molecule has 1 aliphatic heterocycles. The Labute approximate surface area is 152 Å². The van der Waals surface area contributed by atoms with Crippen molar-refractivity contribution in [1.82, 2.24) is 0 Å². The Balaban J connectivity index is 1.85. The quantitative estimate of drug-likeness (QED) is 0.738. The lowest BCUT2D eigenvalue weighted by Crippen LogP contribution is -2.28. The molecule has 26 heavy (non-hydrogen) atoms. The molecule has 0 bridgehead atoms. The maximum atomic E-state index is 12.4. The normalized spacial score (nSPS) is 22.0. The number of methoxy groups -OCH3 is 2. The molecule has 0 amide bonds. The van der Waals surface area contributed by atoms with E-state index in [4.69, 9.17) is 23.7 Å². The molecule has 0 radical (unpaired) electrons. The topological polar surface area (TPSA) is 63.2 Å². The molecule has 0 unspecified atom stereocenters. The van der Waals surface area contributed by atoms with Gasteiger partial charge in [0.25, 0.3) is 0 Å². The fourth-order valence-electron chi connectivity index (χ4n) is 2.81. The van der Waals surface area contributed by atoms with Gasteiger partial charge in [-0.25, -0.2) is 4.79 Å². The largest absolute Gasteiger partial charge is 0.497 e. The molecule has 1 aliphatic rings. The lowest BCUT2D eigenvalue weighted by atomic mass is 10.0. The van der Waals surface area contributed by atoms with Crippen molar-refractivity contribution in [1.29, 1.82) is 0 Å². The van der Waals surface area contributed by atoms with Gasteiger partial charge in [-0.15, -0.1) is 0 Å². The summed E-state index contributed by atoms with van der Waals surface area (Å²) in [6.45, 7) is 2.04. The molecule has 0 N–H and O–H groups in total. The van der Waals surface area contributed by atoms with Crippen molar-refractivity contribution in [3.8, 4) is 11.5 Å². The highest BCUT2D eigenvalue weighted by molar-refractivity contribution is 5.76. The molecule has 0 saturated carbocycles. The molecule has 0 aromatic heterocycles. The standard InChI is InChI=1S/C20H22O6/c1-4-24-19(21)18-17(13-5-9-15(22-2)10-6-13)25-20(26-18)14-7-11-16(23-3)12-8-14/h5-12,17-18,20H,4H2,1-3H3/t17-,18-,20-/m0/s1. The molecular formula is C20H22O6. The highest BCUT2D eigenvalue weighted by atomic mass is 16.7. The zero-order chi connectivity index (χ0) is 18.5. The smallest absolute Gasteiger partial charge is 0.338 e. The van der Waals surface area contributed by atoms with Gasteiger partial charge in [0, 0.05) is 5.56 Å². The van der Waals surface area contributed by atoms with Gasteiger partial charge in [-0.3, -0.25) is 0 Å². The van der Waals surface area contributed by atoms with Gasteiger partial charge in [0.1, 0.15) is 17.6 Å². The first-order valence-electron chi connectivity index (χ1n) is 8.41. The number of rotatable bonds is 6. The van der Waals surface area contributed by atoms with Crippen LogP contribution in [0.4, 0.5) is 0 Å². The molecule has 138 valence electrons. The predicted octanol–water partition coefficient (Wildman–Crippen LogP) is 3.42. The van der Waals surface area contributed by atoms with Crippen molar-refractivity contribution < 1.29 is 28.5 Å². The first kappa shape index (κ1) is 18.2. The summed E-state index contributed by atoms with van der Waals surface area (Å²) < 4.78 is 27.4. The van der Waals surface area contributed by atoms with Crippen LogP contribution in [0.5, 0.6) is 11.5 Å². The molecule has 3 rings (SSSR count). The van der Waals surface area contributed by atoms with Crippen molar-refractivity contribution in [3.63, 3.8) is 0 Å². The van der Waals surface area contributed by atoms with Crippen molar-refractivity contribution >= 4 is 5.97 Å². The van der Waals surface area contributed by atoms with E-state index in [1.807, 2.05) is 48.5 Å². The van der Waals surface area contributed by atoms with Crippen LogP contribution >= 0.6 is 0 Å². The summed E-state index contributed by atoms with van der Waals surface area (Å²) in [5.41, 5.74) is 1.62. The first-order valence-corrected chi connectivity index (χ1v) is 8.41. The second kappa shape index (κ2) is 8.21. The van der Waals surface area contributed by atoms with E-state index in [1.165, 1.54) is 0 Å². The maximum Gasteiger partial charge on any atom is 0.338 e. The summed E-state index contributed by atoms with van der Waals surface area (Å²) >= 11 is 0. The summed E-state index contributed by atoms with van der Waals surface area (Å²) in [6, 6.07) is 14.7. The van der Waals surface area contributed by atoms with Gasteiger partial charge < -0.3 is 23.7 Å². The molecule has 6 heteroatoms. The van der Waals surface area contributed by atoms with Gasteiger partial charge in [-0.2, -0.15) is 0 Å². The van der Waals surface area contributed by atoms with Crippen LogP contribution in [0.3, 0.4) is 0 Å². The summed E-state index contributed by atoms with van der Waals surface area (Å²) in [5.74, 6) is 1.02. The van der Waals surface area contributed by atoms with Crippen LogP contribution in [0.2, 0.25) is 0 Å². The number of hydrogen-bond donors (Lipinski definition) is 0. The van der Waals surface area contributed by atoms with E-state index in [1.54, 1.807) is 21.1 Å². The van der Waals surface area contributed by atoms with Crippen molar-refractivity contribution in [2.24, 2.45) is 0 Å². The van der Waals surface area contributed by atoms with Gasteiger partial charge in [-0.05, 0) is 36.8 Å². The van der Waals surface area contributed by atoms with Crippen molar-refractivity contribution in [2.75, 3.05) is 20.8 Å². The molecule has 0 spiro atoms. The number of benzene rings is 2. The van der Waals surface area contributed by atoms with Crippen LogP contribution in [-0.2, 0) is 19.0 Å². The van der Waals surface area contributed by atoms with E-state index in [0.29, 0.717) is 0 Å². The van der Waals surface area contributed by atoms with E-state index in [-0.39, 0.29) is 6.61 Å². The monoisotopic (exact) mass is 358 g/mol. The van der Waals surface area contributed by atoms with E-state index >= 15 is 0 Å². The minimum atomic E-state index is -0.838. The number of ether oxygens (including phenoxy) is 5. The number of carbonyl (C=O) groups excluding carboxylic acids is 1. The zero-order valence-corrected chi connectivity index (χ0v) is 15.0. The van der Waals surface area contributed by atoms with E-state index in [0.717, 1.165) is 22.6 Å². The molecule has 0 aliphatic carbocycles. The van der Waals surface area contributed by atoms with Gasteiger partial charge >= 0.3 is 5.97 Å². The van der Waals surface area contributed by atoms with E-state index in [9.17, 15) is 4.79 Å². The van der Waals surface area contributed by atoms with Crippen LogP contribution in [0.15, 0.2) is 48.5 Å². The number of hydrogen-bond acceptors (Lipinski definition) is 6. The van der Waals surface area contributed by atoms with Crippen molar-refractivity contribution in [3.05, 3.63) is 59.7 Å². The Morgan fingerprint density at radius 2 is 1.42 bits per heavy atom. The van der Waals surface area contributed by atoms with Gasteiger partial charge in [-0.1, -0.05) is 24.3 Å². The molecule has 1 saturated heterocycles. The summed E-state index contributed by atoms with van der Waals surface area (Å²) in [7, 11) is 3.21. The summed E-state index contributed by atoms with van der Waals surface area (Å²) in [6.07, 6.45) is -2.06. The van der Waals surface area contributed by atoms with Crippen LogP contribution in [0.25, 0.3) is 0 Å². The fourth-order valence-corrected chi connectivity index (χ4v) is 2.81. The molecule has 2 aromatic rings. The Hall–Kier alpha value is -2.57. The lowest BCUT2D eigenvalue weighted by molar-refractivity contribution is -0.157. The highest BCUT2D eigenvalue weighted by Gasteiger charge is 2.43. The number of carbonyl (C=O) groups is 1. The maximum absolute atomic E-state index is 12.4. The minimum absolute atomic E-state index is 0.279. The van der Waals surface area contributed by atoms with E-state index in [2.05, 4.69) is 0 Å². The third-order valence-electron chi connectivity index (χ3n) is 4.17. The van der Waals surface area contributed by atoms with Crippen LogP contribution < -0.4 is 9.47 Å². The van der Waals surface area contributed by atoms with Crippen LogP contribution in [-0.4, -0.2) is 32.9 Å². The van der Waals surface area contributed by atoms with Gasteiger partial charge in [0.2, 0.25) is 0 Å². The summed E-state index contributed by atoms with van der Waals surface area (Å²) in [5, 5.41) is 0. The van der Waals surface area contributed by atoms with Crippen LogP contribution in [0.1, 0.15) is 30.4 Å². The zero-order valence-electron chi connectivity index (χ0n) is 15.0. The fraction of sp³-hybridized carbons (Fsp3) is 0.350. The Morgan fingerprint density at radius 3 is 1.92 bits per heavy atom. The van der Waals surface area contributed by atoms with E-state index < -0.39 is 24.5 Å².